The summed E-state index contributed by atoms with van der Waals surface area (Å²) in [6.07, 6.45) is 38.2. The van der Waals surface area contributed by atoms with Crippen LogP contribution in [0.1, 0.15) is 46.1 Å². The van der Waals surface area contributed by atoms with Gasteiger partial charge in [0.15, 0.2) is 0 Å². The van der Waals surface area contributed by atoms with Gasteiger partial charge in [0.1, 0.15) is 0 Å². The molecular formula is C38H46N2. The number of rotatable bonds is 8. The number of nitrogens with zero attached hydrogens (tertiary/aromatic N) is 2. The highest BCUT2D eigenvalue weighted by Gasteiger charge is 2.03. The molecule has 0 amide bonds. The zero-order valence-electron chi connectivity index (χ0n) is 25.4. The van der Waals surface area contributed by atoms with Crippen LogP contribution in [0.25, 0.3) is 5.57 Å². The zero-order chi connectivity index (χ0) is 29.2. The second kappa shape index (κ2) is 18.2. The Hall–Kier alpha value is -4.17. The molecule has 0 unspecified atom stereocenters. The molecule has 0 spiro atoms. The van der Waals surface area contributed by atoms with Gasteiger partial charge in [-0.2, -0.15) is 0 Å². The van der Waals surface area contributed by atoms with Gasteiger partial charge < -0.3 is 4.90 Å². The minimum absolute atomic E-state index is 0.956. The topological polar surface area (TPSA) is 15.6 Å². The molecule has 1 aromatic carbocycles. The van der Waals surface area contributed by atoms with E-state index in [0.29, 0.717) is 0 Å². The van der Waals surface area contributed by atoms with Crippen LogP contribution >= 0.6 is 0 Å². The lowest BCUT2D eigenvalue weighted by Gasteiger charge is -2.12. The monoisotopic (exact) mass is 530 g/mol. The fourth-order valence-electron chi connectivity index (χ4n) is 3.98. The molecule has 2 aliphatic carbocycles. The summed E-state index contributed by atoms with van der Waals surface area (Å²) in [6.45, 7) is 8.45. The Kier molecular flexibility index (Phi) is 14.6. The molecule has 0 N–H and O–H groups in total. The maximum Gasteiger partial charge on any atom is 0.0567 e. The Bertz CT molecular complexity index is 1320. The largest absolute Gasteiger partial charge is 0.378 e. The zero-order valence-corrected chi connectivity index (χ0v) is 25.4. The Balaban J connectivity index is 0.000000598. The summed E-state index contributed by atoms with van der Waals surface area (Å²) in [7, 11) is 5.94. The molecule has 0 atom stereocenters. The van der Waals surface area contributed by atoms with Crippen LogP contribution in [0.4, 0.5) is 5.69 Å². The predicted octanol–water partition coefficient (Wildman–Crippen LogP) is 10.1. The number of hydrogen-bond donors (Lipinski definition) is 0. The molecule has 0 saturated carbocycles. The van der Waals surface area contributed by atoms with Gasteiger partial charge in [-0.3, -0.25) is 4.99 Å². The summed E-state index contributed by atoms with van der Waals surface area (Å²) in [5, 5.41) is 0. The molecule has 0 heterocycles. The van der Waals surface area contributed by atoms with Crippen molar-refractivity contribution in [1.29, 1.82) is 0 Å². The van der Waals surface area contributed by atoms with Gasteiger partial charge in [-0.05, 0) is 92.7 Å². The Morgan fingerprint density at radius 2 is 1.62 bits per heavy atom. The fraction of sp³-hybridized carbons (Fsp3) is 0.237. The summed E-state index contributed by atoms with van der Waals surface area (Å²) < 4.78 is 0. The summed E-state index contributed by atoms with van der Waals surface area (Å²) in [6, 6.07) is 8.66. The number of benzene rings is 1. The maximum atomic E-state index is 4.32. The Morgan fingerprint density at radius 1 is 0.850 bits per heavy atom. The van der Waals surface area contributed by atoms with Gasteiger partial charge in [-0.15, -0.1) is 0 Å². The molecule has 0 radical (unpaired) electrons. The first kappa shape index (κ1) is 32.0. The van der Waals surface area contributed by atoms with Gasteiger partial charge >= 0.3 is 0 Å². The van der Waals surface area contributed by atoms with Gasteiger partial charge in [-0.25, -0.2) is 0 Å². The van der Waals surface area contributed by atoms with Crippen LogP contribution < -0.4 is 4.90 Å². The van der Waals surface area contributed by atoms with E-state index < -0.39 is 0 Å². The SMILES string of the molecule is C/C=C\C(\C=C/C(C)=C(/C=C/C=C(\C)c1ccc(N(C)C)cc1)C1=CC=CCC=C1)=NC.CC1=CC=CC=CC1. The lowest BCUT2D eigenvalue weighted by Crippen LogP contribution is -2.08. The highest BCUT2D eigenvalue weighted by Crippen LogP contribution is 2.23. The Labute approximate surface area is 243 Å². The van der Waals surface area contributed by atoms with E-state index in [0.717, 1.165) is 18.6 Å². The quantitative estimate of drug-likeness (QED) is 0.241. The summed E-state index contributed by atoms with van der Waals surface area (Å²) >= 11 is 0. The van der Waals surface area contributed by atoms with Crippen molar-refractivity contribution < 1.29 is 0 Å². The molecule has 0 bridgehead atoms. The minimum Gasteiger partial charge on any atom is -0.378 e. The van der Waals surface area contributed by atoms with Crippen molar-refractivity contribution in [2.75, 3.05) is 26.0 Å². The Morgan fingerprint density at radius 3 is 2.33 bits per heavy atom. The maximum absolute atomic E-state index is 4.32. The van der Waals surface area contributed by atoms with E-state index in [1.807, 2.05) is 26.1 Å². The first-order valence-electron chi connectivity index (χ1n) is 14.0. The smallest absolute Gasteiger partial charge is 0.0567 e. The predicted molar refractivity (Wildman–Crippen MR) is 181 cm³/mol. The average Bonchev–Trinajstić information content (AvgIpc) is 3.38. The lowest BCUT2D eigenvalue weighted by atomic mass is 9.98. The van der Waals surface area contributed by atoms with Crippen molar-refractivity contribution in [3.63, 3.8) is 0 Å². The fourth-order valence-corrected chi connectivity index (χ4v) is 3.98. The number of anilines is 1. The third-order valence-electron chi connectivity index (χ3n) is 6.44. The van der Waals surface area contributed by atoms with Gasteiger partial charge in [0.25, 0.3) is 0 Å². The lowest BCUT2D eigenvalue weighted by molar-refractivity contribution is 1.13. The summed E-state index contributed by atoms with van der Waals surface area (Å²) in [4.78, 5) is 6.44. The molecule has 208 valence electrons. The van der Waals surface area contributed by atoms with Crippen LogP contribution in [0, 0.1) is 0 Å². The van der Waals surface area contributed by atoms with E-state index in [2.05, 4.69) is 160 Å². The molecule has 2 aliphatic rings. The molecule has 0 aliphatic heterocycles. The number of allylic oxidation sites excluding steroid dienone is 22. The summed E-state index contributed by atoms with van der Waals surface area (Å²) in [5.41, 5.74) is 9.66. The van der Waals surface area contributed by atoms with Crippen molar-refractivity contribution in [1.82, 2.24) is 0 Å². The first-order chi connectivity index (χ1) is 19.3. The van der Waals surface area contributed by atoms with E-state index in [1.54, 1.807) is 0 Å². The van der Waals surface area contributed by atoms with E-state index in [4.69, 9.17) is 0 Å². The highest BCUT2D eigenvalue weighted by atomic mass is 15.1. The van der Waals surface area contributed by atoms with Crippen molar-refractivity contribution >= 4 is 17.0 Å². The highest BCUT2D eigenvalue weighted by molar-refractivity contribution is 6.04. The van der Waals surface area contributed by atoms with E-state index >= 15 is 0 Å². The van der Waals surface area contributed by atoms with Crippen LogP contribution in [0.2, 0.25) is 0 Å². The van der Waals surface area contributed by atoms with E-state index in [9.17, 15) is 0 Å². The molecule has 0 saturated heterocycles. The normalized spacial score (nSPS) is 16.5. The molecule has 2 nitrogen and oxygen atoms in total. The number of hydrogen-bond acceptors (Lipinski definition) is 2. The molecule has 0 fully saturated rings. The van der Waals surface area contributed by atoms with Gasteiger partial charge in [0.2, 0.25) is 0 Å². The van der Waals surface area contributed by atoms with Crippen LogP contribution in [-0.2, 0) is 0 Å². The van der Waals surface area contributed by atoms with Crippen molar-refractivity contribution in [3.05, 3.63) is 155 Å². The van der Waals surface area contributed by atoms with Crippen LogP contribution in [0.15, 0.2) is 155 Å². The van der Waals surface area contributed by atoms with E-state index in [-0.39, 0.29) is 0 Å². The first-order valence-corrected chi connectivity index (χ1v) is 14.0. The molecule has 3 rings (SSSR count). The molecule has 40 heavy (non-hydrogen) atoms. The molecule has 2 heteroatoms. The number of aliphatic imine (C=N–C) groups is 1. The van der Waals surface area contributed by atoms with Gasteiger partial charge in [0.05, 0.1) is 5.71 Å². The average molecular weight is 531 g/mol. The molecular weight excluding hydrogens is 484 g/mol. The van der Waals surface area contributed by atoms with Crippen molar-refractivity contribution in [2.24, 2.45) is 4.99 Å². The third kappa shape index (κ3) is 11.7. The van der Waals surface area contributed by atoms with Crippen LogP contribution in [0.3, 0.4) is 0 Å². The molecule has 1 aromatic rings. The minimum atomic E-state index is 0.956. The van der Waals surface area contributed by atoms with Crippen molar-refractivity contribution in [2.45, 2.75) is 40.5 Å². The third-order valence-corrected chi connectivity index (χ3v) is 6.44. The van der Waals surface area contributed by atoms with E-state index in [1.165, 1.54) is 39.1 Å². The summed E-state index contributed by atoms with van der Waals surface area (Å²) in [5.74, 6) is 0. The standard InChI is InChI=1S/C30H36N2.C8H10/c1-7-13-28(31-4)21-18-25(3)30(27-15-10-8-9-11-16-27)17-12-14-24(2)26-19-22-29(23-20-26)32(5)6;1-8-6-4-2-3-5-7-8/h7-8,10-23H,9H2,1-6H3;2-6H,7H2,1H3/b13-7-,17-12+,21-18-,24-14+,30-25-,31-28?;. The molecule has 0 aromatic heterocycles. The second-order valence-electron chi connectivity index (χ2n) is 9.95. The second-order valence-corrected chi connectivity index (χ2v) is 9.95. The van der Waals surface area contributed by atoms with Gasteiger partial charge in [0, 0.05) is 26.8 Å². The van der Waals surface area contributed by atoms with Gasteiger partial charge in [-0.1, -0.05) is 109 Å². The van der Waals surface area contributed by atoms with Crippen LogP contribution in [0.5, 0.6) is 0 Å². The van der Waals surface area contributed by atoms with Crippen LogP contribution in [-0.4, -0.2) is 26.9 Å². The van der Waals surface area contributed by atoms with Crippen molar-refractivity contribution in [3.8, 4) is 0 Å².